The lowest BCUT2D eigenvalue weighted by atomic mass is 10.2. The zero-order valence-electron chi connectivity index (χ0n) is 9.59. The first-order valence-electron chi connectivity index (χ1n) is 5.27. The quantitative estimate of drug-likeness (QED) is 0.375. The maximum Gasteiger partial charge on any atom is 0.365 e. The fraction of sp³-hybridized carbons (Fsp3) is 0. The minimum atomic E-state index is -0.697. The van der Waals surface area contributed by atoms with Gasteiger partial charge in [-0.3, -0.25) is 0 Å². The van der Waals surface area contributed by atoms with Crippen LogP contribution >= 0.6 is 11.6 Å². The van der Waals surface area contributed by atoms with Gasteiger partial charge in [-0.1, -0.05) is 35.0 Å². The maximum atomic E-state index is 13.2. The minimum Gasteiger partial charge on any atom is -0.313 e. The van der Waals surface area contributed by atoms with Crippen LogP contribution < -0.4 is 0 Å². The van der Waals surface area contributed by atoms with E-state index in [1.54, 1.807) is 12.1 Å². The highest BCUT2D eigenvalue weighted by atomic mass is 35.5. The molecule has 0 radical (unpaired) electrons. The van der Waals surface area contributed by atoms with Gasteiger partial charge in [0.1, 0.15) is 11.0 Å². The van der Waals surface area contributed by atoms with Gasteiger partial charge in [-0.2, -0.15) is 0 Å². The fourth-order valence-corrected chi connectivity index (χ4v) is 1.47. The molecule has 19 heavy (non-hydrogen) atoms. The fourth-order valence-electron chi connectivity index (χ4n) is 1.29. The van der Waals surface area contributed by atoms with Crippen molar-refractivity contribution in [3.05, 3.63) is 64.7 Å². The van der Waals surface area contributed by atoms with Crippen molar-refractivity contribution in [2.24, 2.45) is 5.16 Å². The molecule has 0 atom stereocenters. The Morgan fingerprint density at radius 2 is 2.16 bits per heavy atom. The Labute approximate surface area is 113 Å². The molecule has 0 fully saturated rings. The standard InChI is InChI=1S/C13H8ClFN2O2/c14-12-7-9(5-6-16-12)13(18)19-17-8-10-3-1-2-4-11(10)15/h1-8H/b17-8-. The van der Waals surface area contributed by atoms with Crippen LogP contribution in [0.4, 0.5) is 4.39 Å². The summed E-state index contributed by atoms with van der Waals surface area (Å²) in [6.45, 7) is 0. The Morgan fingerprint density at radius 3 is 2.89 bits per heavy atom. The highest BCUT2D eigenvalue weighted by Gasteiger charge is 2.07. The molecule has 0 saturated carbocycles. The van der Waals surface area contributed by atoms with E-state index in [9.17, 15) is 9.18 Å². The lowest BCUT2D eigenvalue weighted by Gasteiger charge is -1.98. The van der Waals surface area contributed by atoms with E-state index in [1.165, 1.54) is 30.5 Å². The average Bonchev–Trinajstić information content (AvgIpc) is 2.41. The Morgan fingerprint density at radius 1 is 1.37 bits per heavy atom. The number of rotatable bonds is 3. The van der Waals surface area contributed by atoms with E-state index < -0.39 is 11.8 Å². The van der Waals surface area contributed by atoms with Gasteiger partial charge in [0, 0.05) is 11.8 Å². The molecule has 96 valence electrons. The van der Waals surface area contributed by atoms with Crippen molar-refractivity contribution < 1.29 is 14.0 Å². The average molecular weight is 279 g/mol. The zero-order chi connectivity index (χ0) is 13.7. The van der Waals surface area contributed by atoms with Crippen molar-refractivity contribution in [1.29, 1.82) is 0 Å². The van der Waals surface area contributed by atoms with Gasteiger partial charge in [0.05, 0.1) is 11.8 Å². The Bertz CT molecular complexity index is 632. The second kappa shape index (κ2) is 6.06. The third-order valence-corrected chi connectivity index (χ3v) is 2.40. The number of oxime groups is 1. The lowest BCUT2D eigenvalue weighted by Crippen LogP contribution is -2.01. The Hall–Kier alpha value is -2.27. The molecule has 0 N–H and O–H groups in total. The van der Waals surface area contributed by atoms with E-state index in [0.717, 1.165) is 6.21 Å². The van der Waals surface area contributed by atoms with Gasteiger partial charge in [0.15, 0.2) is 0 Å². The van der Waals surface area contributed by atoms with E-state index in [1.807, 2.05) is 0 Å². The van der Waals surface area contributed by atoms with Gasteiger partial charge in [0.2, 0.25) is 0 Å². The highest BCUT2D eigenvalue weighted by Crippen LogP contribution is 2.08. The number of benzene rings is 1. The molecule has 0 unspecified atom stereocenters. The van der Waals surface area contributed by atoms with E-state index in [0.29, 0.717) is 0 Å². The largest absolute Gasteiger partial charge is 0.365 e. The number of hydrogen-bond acceptors (Lipinski definition) is 4. The number of aromatic nitrogens is 1. The zero-order valence-corrected chi connectivity index (χ0v) is 10.3. The van der Waals surface area contributed by atoms with E-state index in [2.05, 4.69) is 15.0 Å². The molecular weight excluding hydrogens is 271 g/mol. The first-order valence-corrected chi connectivity index (χ1v) is 5.65. The van der Waals surface area contributed by atoms with Crippen LogP contribution in [-0.4, -0.2) is 17.2 Å². The van der Waals surface area contributed by atoms with Crippen LogP contribution in [0.2, 0.25) is 5.15 Å². The SMILES string of the molecule is O=C(O/N=C\c1ccccc1F)c1ccnc(Cl)c1. The molecule has 4 nitrogen and oxygen atoms in total. The predicted octanol–water partition coefficient (Wildman–Crippen LogP) is 3.07. The van der Waals surface area contributed by atoms with Crippen molar-refractivity contribution in [2.75, 3.05) is 0 Å². The molecule has 0 bridgehead atoms. The smallest absolute Gasteiger partial charge is 0.313 e. The molecule has 6 heteroatoms. The summed E-state index contributed by atoms with van der Waals surface area (Å²) in [7, 11) is 0. The Kier molecular flexibility index (Phi) is 4.20. The number of pyridine rings is 1. The summed E-state index contributed by atoms with van der Waals surface area (Å²) in [6.07, 6.45) is 2.50. The van der Waals surface area contributed by atoms with Crippen molar-refractivity contribution in [3.8, 4) is 0 Å². The third kappa shape index (κ3) is 3.59. The second-order valence-corrected chi connectivity index (χ2v) is 3.89. The van der Waals surface area contributed by atoms with Crippen LogP contribution in [0, 0.1) is 5.82 Å². The van der Waals surface area contributed by atoms with Crippen molar-refractivity contribution in [3.63, 3.8) is 0 Å². The van der Waals surface area contributed by atoms with Gasteiger partial charge in [-0.05, 0) is 18.2 Å². The summed E-state index contributed by atoms with van der Waals surface area (Å²) >= 11 is 5.63. The topological polar surface area (TPSA) is 51.5 Å². The first-order chi connectivity index (χ1) is 9.16. The molecule has 2 aromatic rings. The summed E-state index contributed by atoms with van der Waals surface area (Å²) in [5.41, 5.74) is 0.439. The molecule has 0 amide bonds. The van der Waals surface area contributed by atoms with E-state index in [4.69, 9.17) is 11.6 Å². The van der Waals surface area contributed by atoms with E-state index in [-0.39, 0.29) is 16.3 Å². The highest BCUT2D eigenvalue weighted by molar-refractivity contribution is 6.29. The van der Waals surface area contributed by atoms with Gasteiger partial charge in [-0.15, -0.1) is 0 Å². The predicted molar refractivity (Wildman–Crippen MR) is 68.7 cm³/mol. The number of nitrogens with zero attached hydrogens (tertiary/aromatic N) is 2. The van der Waals surface area contributed by atoms with Gasteiger partial charge >= 0.3 is 5.97 Å². The molecular formula is C13H8ClFN2O2. The van der Waals surface area contributed by atoms with Crippen LogP contribution in [0.5, 0.6) is 0 Å². The number of carbonyl (C=O) groups is 1. The molecule has 1 aromatic carbocycles. The summed E-state index contributed by atoms with van der Waals surface area (Å²) in [5, 5.41) is 3.60. The maximum absolute atomic E-state index is 13.2. The van der Waals surface area contributed by atoms with Crippen LogP contribution in [0.1, 0.15) is 15.9 Å². The molecule has 0 aliphatic heterocycles. The van der Waals surface area contributed by atoms with Crippen molar-refractivity contribution >= 4 is 23.8 Å². The molecule has 0 aliphatic carbocycles. The van der Waals surface area contributed by atoms with Gasteiger partial charge in [0.25, 0.3) is 0 Å². The summed E-state index contributed by atoms with van der Waals surface area (Å²) in [5.74, 6) is -1.15. The normalized spacial score (nSPS) is 10.6. The number of hydrogen-bond donors (Lipinski definition) is 0. The minimum absolute atomic E-state index is 0.174. The first kappa shape index (κ1) is 13.2. The summed E-state index contributed by atoms with van der Waals surface area (Å²) in [4.78, 5) is 19.9. The molecule has 0 aliphatic rings. The monoisotopic (exact) mass is 278 g/mol. The van der Waals surface area contributed by atoms with Gasteiger partial charge in [-0.25, -0.2) is 14.2 Å². The second-order valence-electron chi connectivity index (χ2n) is 3.50. The molecule has 1 heterocycles. The van der Waals surface area contributed by atoms with Crippen LogP contribution in [0.15, 0.2) is 47.8 Å². The van der Waals surface area contributed by atoms with Crippen molar-refractivity contribution in [1.82, 2.24) is 4.98 Å². The van der Waals surface area contributed by atoms with Crippen LogP contribution in [-0.2, 0) is 4.84 Å². The van der Waals surface area contributed by atoms with E-state index >= 15 is 0 Å². The number of carbonyl (C=O) groups excluding carboxylic acids is 1. The lowest BCUT2D eigenvalue weighted by molar-refractivity contribution is 0.0519. The molecule has 0 spiro atoms. The Balaban J connectivity index is 2.03. The van der Waals surface area contributed by atoms with Crippen LogP contribution in [0.25, 0.3) is 0 Å². The molecule has 1 aromatic heterocycles. The number of halogens is 2. The van der Waals surface area contributed by atoms with Crippen molar-refractivity contribution in [2.45, 2.75) is 0 Å². The summed E-state index contributed by atoms with van der Waals surface area (Å²) < 4.78 is 13.2. The molecule has 0 saturated heterocycles. The van der Waals surface area contributed by atoms with Gasteiger partial charge < -0.3 is 4.84 Å². The summed E-state index contributed by atoms with van der Waals surface area (Å²) in [6, 6.07) is 8.78. The third-order valence-electron chi connectivity index (χ3n) is 2.19. The molecule has 2 rings (SSSR count). The van der Waals surface area contributed by atoms with Crippen LogP contribution in [0.3, 0.4) is 0 Å².